The van der Waals surface area contributed by atoms with Gasteiger partial charge in [-0.2, -0.15) is 4.98 Å². The highest BCUT2D eigenvalue weighted by Crippen LogP contribution is 2.33. The highest BCUT2D eigenvalue weighted by molar-refractivity contribution is 7.90. The van der Waals surface area contributed by atoms with E-state index in [-0.39, 0.29) is 22.2 Å². The van der Waals surface area contributed by atoms with E-state index in [1.807, 2.05) is 4.90 Å². The number of sulfone groups is 1. The second-order valence-corrected chi connectivity index (χ2v) is 9.59. The molecule has 1 aromatic heterocycles. The number of rotatable bonds is 7. The van der Waals surface area contributed by atoms with Gasteiger partial charge in [-0.15, -0.1) is 0 Å². The summed E-state index contributed by atoms with van der Waals surface area (Å²) in [5.41, 5.74) is 1.02. The minimum absolute atomic E-state index is 0.0310. The van der Waals surface area contributed by atoms with Crippen molar-refractivity contribution >= 4 is 15.8 Å². The van der Waals surface area contributed by atoms with E-state index in [2.05, 4.69) is 10.1 Å². The molecule has 168 valence electrons. The Morgan fingerprint density at radius 1 is 1.16 bits per heavy atom. The molecule has 3 aromatic rings. The average molecular weight is 461 g/mol. The Morgan fingerprint density at radius 2 is 1.84 bits per heavy atom. The molecule has 0 amide bonds. The molecule has 0 radical (unpaired) electrons. The fourth-order valence-corrected chi connectivity index (χ4v) is 4.83. The SMILES string of the molecule is O=C(O)c1ccc(CN2CC(O)CC2c2nc(CS(=O)(=O)c3ccc(F)cc3)no2)cc1. The first kappa shape index (κ1) is 22.1. The number of likely N-dealkylation sites (tertiary alicyclic amines) is 1. The van der Waals surface area contributed by atoms with E-state index in [0.717, 1.165) is 17.7 Å². The fourth-order valence-electron chi connectivity index (χ4n) is 3.65. The molecular weight excluding hydrogens is 441 g/mol. The van der Waals surface area contributed by atoms with Crippen LogP contribution in [0.1, 0.15) is 40.1 Å². The van der Waals surface area contributed by atoms with E-state index in [9.17, 15) is 22.7 Å². The average Bonchev–Trinajstić information content (AvgIpc) is 3.34. The van der Waals surface area contributed by atoms with Crippen LogP contribution in [0.4, 0.5) is 4.39 Å². The van der Waals surface area contributed by atoms with Crippen LogP contribution in [-0.4, -0.2) is 52.3 Å². The Kier molecular flexibility index (Phi) is 6.04. The Bertz CT molecular complexity index is 1210. The van der Waals surface area contributed by atoms with Gasteiger partial charge in [0.1, 0.15) is 11.6 Å². The van der Waals surface area contributed by atoms with Crippen molar-refractivity contribution in [1.29, 1.82) is 0 Å². The monoisotopic (exact) mass is 461 g/mol. The van der Waals surface area contributed by atoms with Crippen LogP contribution in [0.5, 0.6) is 0 Å². The molecule has 9 nitrogen and oxygen atoms in total. The molecule has 2 unspecified atom stereocenters. The Hall–Kier alpha value is -3.15. The lowest BCUT2D eigenvalue weighted by molar-refractivity contribution is 0.0697. The van der Waals surface area contributed by atoms with Crippen LogP contribution in [0, 0.1) is 5.82 Å². The predicted octanol–water partition coefficient (Wildman–Crippen LogP) is 2.19. The van der Waals surface area contributed by atoms with Crippen LogP contribution in [0.2, 0.25) is 0 Å². The third-order valence-corrected chi connectivity index (χ3v) is 6.86. The van der Waals surface area contributed by atoms with Crippen molar-refractivity contribution in [3.8, 4) is 0 Å². The lowest BCUT2D eigenvalue weighted by Gasteiger charge is -2.21. The van der Waals surface area contributed by atoms with Crippen molar-refractivity contribution in [3.05, 3.63) is 77.2 Å². The number of carboxylic acid groups (broad SMARTS) is 1. The van der Waals surface area contributed by atoms with Crippen LogP contribution >= 0.6 is 0 Å². The number of carbonyl (C=O) groups is 1. The summed E-state index contributed by atoms with van der Waals surface area (Å²) in [6, 6.07) is 10.5. The van der Waals surface area contributed by atoms with Gasteiger partial charge in [0.15, 0.2) is 15.7 Å². The summed E-state index contributed by atoms with van der Waals surface area (Å²) < 4.78 is 43.5. The summed E-state index contributed by atoms with van der Waals surface area (Å²) in [4.78, 5) is 17.1. The smallest absolute Gasteiger partial charge is 0.335 e. The number of halogens is 1. The number of hydrogen-bond acceptors (Lipinski definition) is 8. The topological polar surface area (TPSA) is 134 Å². The summed E-state index contributed by atoms with van der Waals surface area (Å²) in [6.45, 7) is 0.754. The number of aliphatic hydroxyl groups is 1. The number of carboxylic acids is 1. The van der Waals surface area contributed by atoms with E-state index < -0.39 is 39.5 Å². The maximum Gasteiger partial charge on any atom is 0.335 e. The van der Waals surface area contributed by atoms with E-state index in [0.29, 0.717) is 19.5 Å². The molecule has 2 aromatic carbocycles. The first-order chi connectivity index (χ1) is 15.2. The molecule has 11 heteroatoms. The van der Waals surface area contributed by atoms with Crippen molar-refractivity contribution in [2.24, 2.45) is 0 Å². The zero-order valence-electron chi connectivity index (χ0n) is 16.8. The van der Waals surface area contributed by atoms with Gasteiger partial charge in [0.2, 0.25) is 5.89 Å². The van der Waals surface area contributed by atoms with Gasteiger partial charge in [-0.05, 0) is 48.4 Å². The lowest BCUT2D eigenvalue weighted by atomic mass is 10.1. The standard InChI is InChI=1S/C21H20FN3O6S/c22-15-5-7-17(8-6-15)32(29,30)12-19-23-20(31-24-19)18-9-16(26)11-25(18)10-13-1-3-14(4-2-13)21(27)28/h1-8,16,18,26H,9-12H2,(H,27,28). The molecule has 0 saturated carbocycles. The largest absolute Gasteiger partial charge is 0.478 e. The normalized spacial score (nSPS) is 19.3. The first-order valence-corrected chi connectivity index (χ1v) is 11.4. The molecule has 32 heavy (non-hydrogen) atoms. The zero-order valence-corrected chi connectivity index (χ0v) is 17.6. The number of benzene rings is 2. The Balaban J connectivity index is 1.49. The molecule has 1 aliphatic rings. The second-order valence-electron chi connectivity index (χ2n) is 7.60. The van der Waals surface area contributed by atoms with Crippen LogP contribution in [0.3, 0.4) is 0 Å². The zero-order chi connectivity index (χ0) is 22.9. The minimum Gasteiger partial charge on any atom is -0.478 e. The van der Waals surface area contributed by atoms with Gasteiger partial charge in [0, 0.05) is 13.1 Å². The maximum atomic E-state index is 13.1. The first-order valence-electron chi connectivity index (χ1n) is 9.76. The minimum atomic E-state index is -3.79. The number of aromatic carboxylic acids is 1. The van der Waals surface area contributed by atoms with Gasteiger partial charge in [0.25, 0.3) is 0 Å². The maximum absolute atomic E-state index is 13.1. The van der Waals surface area contributed by atoms with Gasteiger partial charge >= 0.3 is 5.97 Å². The highest BCUT2D eigenvalue weighted by Gasteiger charge is 2.36. The number of aromatic nitrogens is 2. The van der Waals surface area contributed by atoms with Crippen molar-refractivity contribution in [1.82, 2.24) is 15.0 Å². The summed E-state index contributed by atoms with van der Waals surface area (Å²) in [6.07, 6.45) is -0.295. The molecule has 0 bridgehead atoms. The molecule has 1 fully saturated rings. The number of hydrogen-bond donors (Lipinski definition) is 2. The third kappa shape index (κ3) is 4.85. The van der Waals surface area contributed by atoms with Gasteiger partial charge in [-0.3, -0.25) is 4.90 Å². The van der Waals surface area contributed by atoms with Gasteiger partial charge in [0.05, 0.1) is 22.6 Å². The van der Waals surface area contributed by atoms with Crippen LogP contribution in [0.15, 0.2) is 57.9 Å². The summed E-state index contributed by atoms with van der Waals surface area (Å²) in [5.74, 6) is -1.90. The molecule has 0 spiro atoms. The quantitative estimate of drug-likeness (QED) is 0.508. The molecule has 1 aliphatic heterocycles. The second kappa shape index (κ2) is 8.77. The Labute approximate surface area is 183 Å². The summed E-state index contributed by atoms with van der Waals surface area (Å²) >= 11 is 0. The van der Waals surface area contributed by atoms with E-state index >= 15 is 0 Å². The van der Waals surface area contributed by atoms with Crippen LogP contribution < -0.4 is 0 Å². The van der Waals surface area contributed by atoms with Crippen molar-refractivity contribution in [2.75, 3.05) is 6.54 Å². The van der Waals surface area contributed by atoms with E-state index in [4.69, 9.17) is 9.63 Å². The molecule has 2 atom stereocenters. The van der Waals surface area contributed by atoms with Crippen LogP contribution in [-0.2, 0) is 22.1 Å². The Morgan fingerprint density at radius 3 is 2.50 bits per heavy atom. The molecule has 2 N–H and O–H groups in total. The van der Waals surface area contributed by atoms with Gasteiger partial charge in [-0.25, -0.2) is 17.6 Å². The van der Waals surface area contributed by atoms with E-state index in [1.165, 1.54) is 24.3 Å². The number of nitrogens with zero attached hydrogens (tertiary/aromatic N) is 3. The predicted molar refractivity (Wildman–Crippen MR) is 109 cm³/mol. The van der Waals surface area contributed by atoms with Gasteiger partial charge in [-0.1, -0.05) is 17.3 Å². The molecule has 0 aliphatic carbocycles. The number of aliphatic hydroxyl groups excluding tert-OH is 1. The fraction of sp³-hybridized carbons (Fsp3) is 0.286. The molecule has 1 saturated heterocycles. The molecular formula is C21H20FN3O6S. The molecule has 4 rings (SSSR count). The van der Waals surface area contributed by atoms with Crippen molar-refractivity contribution < 1.29 is 32.3 Å². The lowest BCUT2D eigenvalue weighted by Crippen LogP contribution is -2.24. The molecule has 2 heterocycles. The highest BCUT2D eigenvalue weighted by atomic mass is 32.2. The van der Waals surface area contributed by atoms with E-state index in [1.54, 1.807) is 12.1 Å². The van der Waals surface area contributed by atoms with Gasteiger partial charge < -0.3 is 14.7 Å². The third-order valence-electron chi connectivity index (χ3n) is 5.23. The summed E-state index contributed by atoms with van der Waals surface area (Å²) in [7, 11) is -3.79. The van der Waals surface area contributed by atoms with Crippen LogP contribution in [0.25, 0.3) is 0 Å². The number of β-amino-alcohol motifs (C(OH)–C–C–N with tert-alkyl or cyclic N) is 1. The van der Waals surface area contributed by atoms with Crippen molar-refractivity contribution in [2.45, 2.75) is 35.8 Å². The van der Waals surface area contributed by atoms with Crippen molar-refractivity contribution in [3.63, 3.8) is 0 Å². The summed E-state index contributed by atoms with van der Waals surface area (Å²) in [5, 5.41) is 23.0.